The van der Waals surface area contributed by atoms with Crippen molar-refractivity contribution in [2.45, 2.75) is 25.9 Å². The molecule has 0 aliphatic rings. The van der Waals surface area contributed by atoms with Crippen LogP contribution in [0, 0.1) is 0 Å². The van der Waals surface area contributed by atoms with Crippen molar-refractivity contribution >= 4 is 17.4 Å². The Morgan fingerprint density at radius 3 is 2.58 bits per heavy atom. The highest BCUT2D eigenvalue weighted by molar-refractivity contribution is 7.07. The lowest BCUT2D eigenvalue weighted by Crippen LogP contribution is -2.42. The van der Waals surface area contributed by atoms with Crippen LogP contribution in [0.5, 0.6) is 11.5 Å². The highest BCUT2D eigenvalue weighted by Crippen LogP contribution is 2.27. The van der Waals surface area contributed by atoms with Crippen LogP contribution in [0.4, 0.5) is 4.79 Å². The molecule has 5 nitrogen and oxygen atoms in total. The van der Waals surface area contributed by atoms with Crippen molar-refractivity contribution in [3.63, 3.8) is 0 Å². The van der Waals surface area contributed by atoms with Crippen molar-refractivity contribution in [1.29, 1.82) is 0 Å². The maximum atomic E-state index is 12.3. The molecule has 0 fully saturated rings. The number of amides is 2. The zero-order chi connectivity index (χ0) is 17.5. The van der Waals surface area contributed by atoms with E-state index in [-0.39, 0.29) is 12.1 Å². The summed E-state index contributed by atoms with van der Waals surface area (Å²) in [6, 6.07) is 7.74. The molecular formula is C18H24N2O3S. The largest absolute Gasteiger partial charge is 0.493 e. The Morgan fingerprint density at radius 2 is 1.96 bits per heavy atom. The molecule has 1 aromatic heterocycles. The normalized spacial score (nSPS) is 11.7. The number of hydrogen-bond donors (Lipinski definition) is 1. The summed E-state index contributed by atoms with van der Waals surface area (Å²) < 4.78 is 10.5. The van der Waals surface area contributed by atoms with Crippen LogP contribution in [0.1, 0.15) is 18.1 Å². The van der Waals surface area contributed by atoms with Crippen LogP contribution in [0.25, 0.3) is 0 Å². The van der Waals surface area contributed by atoms with E-state index in [0.29, 0.717) is 18.0 Å². The van der Waals surface area contributed by atoms with Gasteiger partial charge in [0.1, 0.15) is 0 Å². The maximum absolute atomic E-state index is 12.3. The van der Waals surface area contributed by atoms with Gasteiger partial charge in [0.05, 0.1) is 14.2 Å². The number of carbonyl (C=O) groups is 1. The van der Waals surface area contributed by atoms with E-state index in [1.807, 2.05) is 30.5 Å². The molecule has 0 bridgehead atoms. The first kappa shape index (κ1) is 18.1. The number of thiophene rings is 1. The molecule has 1 atom stereocenters. The molecule has 2 amide bonds. The fourth-order valence-electron chi connectivity index (χ4n) is 2.46. The van der Waals surface area contributed by atoms with Crippen LogP contribution in [-0.2, 0) is 13.0 Å². The summed E-state index contributed by atoms with van der Waals surface area (Å²) in [6.07, 6.45) is 0.833. The maximum Gasteiger partial charge on any atom is 0.317 e. The minimum absolute atomic E-state index is 0.0833. The van der Waals surface area contributed by atoms with E-state index in [0.717, 1.165) is 12.0 Å². The molecule has 6 heteroatoms. The Hall–Kier alpha value is -2.21. The average Bonchev–Trinajstić information content (AvgIpc) is 3.07. The number of nitrogens with zero attached hydrogens (tertiary/aromatic N) is 1. The van der Waals surface area contributed by atoms with Gasteiger partial charge in [-0.05, 0) is 53.4 Å². The van der Waals surface area contributed by atoms with Crippen LogP contribution < -0.4 is 14.8 Å². The molecule has 130 valence electrons. The van der Waals surface area contributed by atoms with Crippen LogP contribution in [0.15, 0.2) is 35.0 Å². The van der Waals surface area contributed by atoms with Gasteiger partial charge in [0.2, 0.25) is 0 Å². The van der Waals surface area contributed by atoms with Crippen LogP contribution in [0.3, 0.4) is 0 Å². The number of ether oxygens (including phenoxy) is 2. The highest BCUT2D eigenvalue weighted by atomic mass is 32.1. The standard InChI is InChI=1S/C18H24N2O3S/c1-13(9-15-7-8-24-12-15)19-18(21)20(2)11-14-5-6-16(22-3)17(10-14)23-4/h5-8,10,12-13H,9,11H2,1-4H3,(H,19,21). The van der Waals surface area contributed by atoms with Crippen molar-refractivity contribution in [1.82, 2.24) is 10.2 Å². The molecule has 0 aliphatic carbocycles. The van der Waals surface area contributed by atoms with E-state index in [2.05, 4.69) is 16.8 Å². The number of nitrogens with one attached hydrogen (secondary N) is 1. The van der Waals surface area contributed by atoms with Crippen LogP contribution in [0.2, 0.25) is 0 Å². The lowest BCUT2D eigenvalue weighted by molar-refractivity contribution is 0.203. The van der Waals surface area contributed by atoms with Crippen molar-refractivity contribution in [3.05, 3.63) is 46.2 Å². The zero-order valence-electron chi connectivity index (χ0n) is 14.5. The van der Waals surface area contributed by atoms with E-state index in [1.165, 1.54) is 5.56 Å². The highest BCUT2D eigenvalue weighted by Gasteiger charge is 2.14. The molecule has 1 aromatic carbocycles. The second-order valence-electron chi connectivity index (χ2n) is 5.73. The van der Waals surface area contributed by atoms with Crippen molar-refractivity contribution < 1.29 is 14.3 Å². The predicted octanol–water partition coefficient (Wildman–Crippen LogP) is 3.54. The first-order chi connectivity index (χ1) is 11.5. The van der Waals surface area contributed by atoms with E-state index in [4.69, 9.17) is 9.47 Å². The van der Waals surface area contributed by atoms with Crippen molar-refractivity contribution in [3.8, 4) is 11.5 Å². The van der Waals surface area contributed by atoms with E-state index in [9.17, 15) is 4.79 Å². The summed E-state index contributed by atoms with van der Waals surface area (Å²) in [5.41, 5.74) is 2.23. The topological polar surface area (TPSA) is 50.8 Å². The van der Waals surface area contributed by atoms with Gasteiger partial charge >= 0.3 is 6.03 Å². The number of hydrogen-bond acceptors (Lipinski definition) is 4. The lowest BCUT2D eigenvalue weighted by Gasteiger charge is -2.22. The van der Waals surface area contributed by atoms with Gasteiger partial charge in [0.15, 0.2) is 11.5 Å². The fraction of sp³-hybridized carbons (Fsp3) is 0.389. The Balaban J connectivity index is 1.91. The van der Waals surface area contributed by atoms with Crippen LogP contribution >= 0.6 is 11.3 Å². The summed E-state index contributed by atoms with van der Waals surface area (Å²) in [7, 11) is 4.99. The first-order valence-electron chi connectivity index (χ1n) is 7.77. The zero-order valence-corrected chi connectivity index (χ0v) is 15.4. The molecule has 2 rings (SSSR count). The monoisotopic (exact) mass is 348 g/mol. The molecular weight excluding hydrogens is 324 g/mol. The number of methoxy groups -OCH3 is 2. The van der Waals surface area contributed by atoms with Gasteiger partial charge < -0.3 is 19.7 Å². The van der Waals surface area contributed by atoms with Crippen molar-refractivity contribution in [2.24, 2.45) is 0 Å². The van der Waals surface area contributed by atoms with Gasteiger partial charge in [-0.2, -0.15) is 11.3 Å². The van der Waals surface area contributed by atoms with Gasteiger partial charge in [-0.25, -0.2) is 4.79 Å². The van der Waals surface area contributed by atoms with Crippen molar-refractivity contribution in [2.75, 3.05) is 21.3 Å². The predicted molar refractivity (Wildman–Crippen MR) is 97.0 cm³/mol. The van der Waals surface area contributed by atoms with Gasteiger partial charge in [0.25, 0.3) is 0 Å². The first-order valence-corrected chi connectivity index (χ1v) is 8.71. The molecule has 1 unspecified atom stereocenters. The average molecular weight is 348 g/mol. The molecule has 24 heavy (non-hydrogen) atoms. The van der Waals surface area contributed by atoms with Gasteiger partial charge in [-0.15, -0.1) is 0 Å². The third-order valence-electron chi connectivity index (χ3n) is 3.71. The number of rotatable bonds is 7. The molecule has 0 aliphatic heterocycles. The van der Waals surface area contributed by atoms with Gasteiger partial charge in [-0.3, -0.25) is 0 Å². The second-order valence-corrected chi connectivity index (χ2v) is 6.51. The summed E-state index contributed by atoms with van der Waals surface area (Å²) in [4.78, 5) is 14.0. The van der Waals surface area contributed by atoms with Crippen LogP contribution in [-0.4, -0.2) is 38.2 Å². The Morgan fingerprint density at radius 1 is 1.21 bits per heavy atom. The summed E-state index contributed by atoms with van der Waals surface area (Å²) in [5.74, 6) is 1.34. The summed E-state index contributed by atoms with van der Waals surface area (Å²) in [5, 5.41) is 7.18. The molecule has 1 N–H and O–H groups in total. The Labute approximate surface area is 147 Å². The minimum atomic E-state index is -0.0903. The van der Waals surface area contributed by atoms with E-state index < -0.39 is 0 Å². The number of benzene rings is 1. The van der Waals surface area contributed by atoms with E-state index in [1.54, 1.807) is 37.5 Å². The molecule has 0 saturated heterocycles. The van der Waals surface area contributed by atoms with E-state index >= 15 is 0 Å². The molecule has 0 radical (unpaired) electrons. The smallest absolute Gasteiger partial charge is 0.317 e. The Kier molecular flexibility index (Phi) is 6.49. The fourth-order valence-corrected chi connectivity index (χ4v) is 3.14. The number of carbonyl (C=O) groups excluding carboxylic acids is 1. The third-order valence-corrected chi connectivity index (χ3v) is 4.44. The molecule has 2 aromatic rings. The van der Waals surface area contributed by atoms with Gasteiger partial charge in [-0.1, -0.05) is 6.07 Å². The minimum Gasteiger partial charge on any atom is -0.493 e. The molecule has 1 heterocycles. The number of urea groups is 1. The second kappa shape index (κ2) is 8.59. The molecule has 0 spiro atoms. The third kappa shape index (κ3) is 4.89. The van der Waals surface area contributed by atoms with Gasteiger partial charge in [0, 0.05) is 19.6 Å². The lowest BCUT2D eigenvalue weighted by atomic mass is 10.1. The summed E-state index contributed by atoms with van der Waals surface area (Å²) >= 11 is 1.67. The quantitative estimate of drug-likeness (QED) is 0.833. The molecule has 0 saturated carbocycles. The summed E-state index contributed by atoms with van der Waals surface area (Å²) in [6.45, 7) is 2.51. The SMILES string of the molecule is COc1ccc(CN(C)C(=O)NC(C)Cc2ccsc2)cc1OC. The Bertz CT molecular complexity index is 658.